The van der Waals surface area contributed by atoms with E-state index in [0.717, 1.165) is 23.4 Å². The first-order valence-electron chi connectivity index (χ1n) is 7.20. The Kier molecular flexibility index (Phi) is 4.04. The van der Waals surface area contributed by atoms with Crippen LogP contribution in [0.4, 0.5) is 0 Å². The highest BCUT2D eigenvalue weighted by Gasteiger charge is 2.23. The number of nitrogens with zero attached hydrogens (tertiary/aromatic N) is 1. The minimum Gasteiger partial charge on any atom is -0.302 e. The molecule has 1 heterocycles. The van der Waals surface area contributed by atoms with E-state index in [1.54, 1.807) is 0 Å². The summed E-state index contributed by atoms with van der Waals surface area (Å²) in [7, 11) is 0. The molecule has 0 bridgehead atoms. The zero-order valence-electron chi connectivity index (χ0n) is 11.6. The second-order valence-corrected chi connectivity index (χ2v) is 5.81. The number of hydrogen-bond acceptors (Lipinski definition) is 2. The number of benzene rings is 1. The summed E-state index contributed by atoms with van der Waals surface area (Å²) in [5.74, 6) is 0. The Morgan fingerprint density at radius 1 is 1.25 bits per heavy atom. The molecule has 104 valence electrons. The summed E-state index contributed by atoms with van der Waals surface area (Å²) in [5.41, 5.74) is 3.73. The summed E-state index contributed by atoms with van der Waals surface area (Å²) in [5, 5.41) is 4.51. The molecule has 3 heteroatoms. The Balaban J connectivity index is 1.81. The highest BCUT2D eigenvalue weighted by atomic mass is 35.5. The maximum absolute atomic E-state index is 6.28. The molecule has 1 N–H and O–H groups in total. The van der Waals surface area contributed by atoms with Crippen molar-refractivity contribution in [2.75, 3.05) is 0 Å². The summed E-state index contributed by atoms with van der Waals surface area (Å²) in [6.45, 7) is 2.17. The largest absolute Gasteiger partial charge is 0.302 e. The molecule has 0 saturated heterocycles. The summed E-state index contributed by atoms with van der Waals surface area (Å²) >= 11 is 6.28. The van der Waals surface area contributed by atoms with Gasteiger partial charge in [0.05, 0.1) is 11.7 Å². The Labute approximate surface area is 125 Å². The Hall–Kier alpha value is -1.38. The fourth-order valence-electron chi connectivity index (χ4n) is 2.99. The van der Waals surface area contributed by atoms with Gasteiger partial charge >= 0.3 is 0 Å². The summed E-state index contributed by atoms with van der Waals surface area (Å²) in [4.78, 5) is 4.57. The molecule has 2 aromatic rings. The number of pyridine rings is 1. The predicted molar refractivity (Wildman–Crippen MR) is 82.9 cm³/mol. The number of aromatic nitrogens is 1. The molecule has 2 nitrogen and oxygen atoms in total. The van der Waals surface area contributed by atoms with Crippen LogP contribution in [0.2, 0.25) is 5.02 Å². The first kappa shape index (κ1) is 13.6. The van der Waals surface area contributed by atoms with Crippen molar-refractivity contribution in [2.24, 2.45) is 0 Å². The van der Waals surface area contributed by atoms with E-state index < -0.39 is 0 Å². The van der Waals surface area contributed by atoms with Crippen LogP contribution in [0.5, 0.6) is 0 Å². The van der Waals surface area contributed by atoms with Crippen LogP contribution in [0.15, 0.2) is 42.6 Å². The van der Waals surface area contributed by atoms with Gasteiger partial charge in [-0.2, -0.15) is 0 Å². The normalized spacial score (nSPS) is 19.4. The third-order valence-electron chi connectivity index (χ3n) is 4.02. The van der Waals surface area contributed by atoms with Gasteiger partial charge in [0.15, 0.2) is 0 Å². The van der Waals surface area contributed by atoms with Gasteiger partial charge in [0, 0.05) is 17.3 Å². The lowest BCUT2D eigenvalue weighted by molar-refractivity contribution is 0.406. The number of rotatable bonds is 3. The lowest BCUT2D eigenvalue weighted by Crippen LogP contribution is -2.28. The van der Waals surface area contributed by atoms with Crippen molar-refractivity contribution in [1.29, 1.82) is 0 Å². The van der Waals surface area contributed by atoms with Crippen molar-refractivity contribution in [2.45, 2.75) is 38.3 Å². The smallest absolute Gasteiger partial charge is 0.0605 e. The van der Waals surface area contributed by atoms with E-state index in [4.69, 9.17) is 11.6 Å². The summed E-state index contributed by atoms with van der Waals surface area (Å²) in [6.07, 6.45) is 5.38. The Morgan fingerprint density at radius 3 is 2.95 bits per heavy atom. The molecule has 0 spiro atoms. The van der Waals surface area contributed by atoms with Gasteiger partial charge in [0.2, 0.25) is 0 Å². The highest BCUT2D eigenvalue weighted by Crippen LogP contribution is 2.31. The van der Waals surface area contributed by atoms with E-state index in [1.165, 1.54) is 17.7 Å². The molecule has 1 aromatic heterocycles. The van der Waals surface area contributed by atoms with Crippen LogP contribution in [-0.2, 0) is 6.42 Å². The lowest BCUT2D eigenvalue weighted by atomic mass is 9.91. The van der Waals surface area contributed by atoms with Gasteiger partial charge < -0.3 is 5.32 Å². The van der Waals surface area contributed by atoms with Crippen molar-refractivity contribution >= 4 is 11.6 Å². The zero-order valence-corrected chi connectivity index (χ0v) is 12.4. The molecule has 3 rings (SSSR count). The van der Waals surface area contributed by atoms with E-state index in [-0.39, 0.29) is 6.04 Å². The number of nitrogens with one attached hydrogen (secondary N) is 1. The molecule has 1 aliphatic carbocycles. The van der Waals surface area contributed by atoms with E-state index >= 15 is 0 Å². The molecule has 2 unspecified atom stereocenters. The molecule has 0 radical (unpaired) electrons. The van der Waals surface area contributed by atoms with Gasteiger partial charge in [-0.1, -0.05) is 35.9 Å². The van der Waals surface area contributed by atoms with Gasteiger partial charge in [-0.15, -0.1) is 0 Å². The highest BCUT2D eigenvalue weighted by molar-refractivity contribution is 6.31. The molecule has 0 saturated carbocycles. The number of hydrogen-bond donors (Lipinski definition) is 1. The molecule has 2 atom stereocenters. The molecular weight excluding hydrogens is 268 g/mol. The first-order valence-corrected chi connectivity index (χ1v) is 7.58. The van der Waals surface area contributed by atoms with Crippen LogP contribution >= 0.6 is 11.6 Å². The lowest BCUT2D eigenvalue weighted by Gasteiger charge is -2.28. The van der Waals surface area contributed by atoms with E-state index in [0.29, 0.717) is 6.04 Å². The van der Waals surface area contributed by atoms with Gasteiger partial charge in [-0.25, -0.2) is 0 Å². The second-order valence-electron chi connectivity index (χ2n) is 5.40. The van der Waals surface area contributed by atoms with Crippen LogP contribution in [0.1, 0.15) is 48.7 Å². The summed E-state index contributed by atoms with van der Waals surface area (Å²) in [6, 6.07) is 12.8. The van der Waals surface area contributed by atoms with Crippen LogP contribution < -0.4 is 5.32 Å². The Morgan fingerprint density at radius 2 is 2.10 bits per heavy atom. The minimum absolute atomic E-state index is 0.224. The van der Waals surface area contributed by atoms with Crippen molar-refractivity contribution in [3.05, 3.63) is 64.4 Å². The van der Waals surface area contributed by atoms with Crippen molar-refractivity contribution < 1.29 is 0 Å². The first-order chi connectivity index (χ1) is 9.75. The SMILES string of the molecule is CC(NC1CCCc2cccnc21)c1ccccc1Cl. The van der Waals surface area contributed by atoms with Crippen molar-refractivity contribution in [3.63, 3.8) is 0 Å². The van der Waals surface area contributed by atoms with Crippen LogP contribution in [0, 0.1) is 0 Å². The van der Waals surface area contributed by atoms with Crippen LogP contribution in [0.25, 0.3) is 0 Å². The molecule has 20 heavy (non-hydrogen) atoms. The van der Waals surface area contributed by atoms with Crippen LogP contribution in [-0.4, -0.2) is 4.98 Å². The maximum Gasteiger partial charge on any atom is 0.0605 e. The van der Waals surface area contributed by atoms with E-state index in [9.17, 15) is 0 Å². The molecule has 0 fully saturated rings. The van der Waals surface area contributed by atoms with Gasteiger partial charge in [-0.05, 0) is 49.4 Å². The Bertz CT molecular complexity index is 597. The molecule has 1 aromatic carbocycles. The molecule has 1 aliphatic rings. The molecule has 0 amide bonds. The van der Waals surface area contributed by atoms with E-state index in [1.807, 2.05) is 30.5 Å². The average Bonchev–Trinajstić information content (AvgIpc) is 2.48. The summed E-state index contributed by atoms with van der Waals surface area (Å²) < 4.78 is 0. The van der Waals surface area contributed by atoms with Crippen LogP contribution in [0.3, 0.4) is 0 Å². The maximum atomic E-state index is 6.28. The standard InChI is InChI=1S/C17H19ClN2/c1-12(14-8-2-3-9-15(14)18)20-16-10-4-6-13-7-5-11-19-17(13)16/h2-3,5,7-9,11-12,16,20H,4,6,10H2,1H3. The topological polar surface area (TPSA) is 24.9 Å². The van der Waals surface area contributed by atoms with Gasteiger partial charge in [0.1, 0.15) is 0 Å². The second kappa shape index (κ2) is 5.94. The fourth-order valence-corrected chi connectivity index (χ4v) is 3.29. The van der Waals surface area contributed by atoms with Crippen molar-refractivity contribution in [1.82, 2.24) is 10.3 Å². The number of halogens is 1. The monoisotopic (exact) mass is 286 g/mol. The number of fused-ring (bicyclic) bond motifs is 1. The molecular formula is C17H19ClN2. The van der Waals surface area contributed by atoms with Gasteiger partial charge in [0.25, 0.3) is 0 Å². The zero-order chi connectivity index (χ0) is 13.9. The third kappa shape index (κ3) is 2.72. The van der Waals surface area contributed by atoms with E-state index in [2.05, 4.69) is 29.4 Å². The number of aryl methyl sites for hydroxylation is 1. The average molecular weight is 287 g/mol. The minimum atomic E-state index is 0.224. The predicted octanol–water partition coefficient (Wildman–Crippen LogP) is 4.46. The fraction of sp³-hybridized carbons (Fsp3) is 0.353. The van der Waals surface area contributed by atoms with Crippen molar-refractivity contribution in [3.8, 4) is 0 Å². The third-order valence-corrected chi connectivity index (χ3v) is 4.36. The van der Waals surface area contributed by atoms with Gasteiger partial charge in [-0.3, -0.25) is 4.98 Å². The molecule has 0 aliphatic heterocycles. The quantitative estimate of drug-likeness (QED) is 0.901.